The number of likely N-dealkylation sites (tertiary alicyclic amines) is 1. The molecule has 2 unspecified atom stereocenters. The first-order valence-electron chi connectivity index (χ1n) is 16.9. The summed E-state index contributed by atoms with van der Waals surface area (Å²) < 4.78 is 0. The van der Waals surface area contributed by atoms with E-state index in [-0.39, 0.29) is 46.3 Å². The Morgan fingerprint density at radius 2 is 1.62 bits per heavy atom. The molecule has 8 nitrogen and oxygen atoms in total. The molecule has 4 aliphatic rings. The molecule has 0 aromatic heterocycles. The van der Waals surface area contributed by atoms with Crippen molar-refractivity contribution in [3.63, 3.8) is 0 Å². The van der Waals surface area contributed by atoms with Crippen LogP contribution in [0.15, 0.2) is 48.5 Å². The zero-order valence-corrected chi connectivity index (χ0v) is 28.0. The molecular weight excluding hydrogens is 582 g/mol. The minimum atomic E-state index is -0.385. The minimum absolute atomic E-state index is 0.0489. The molecule has 3 fully saturated rings. The molecular formula is C36H49N5O3S. The van der Waals surface area contributed by atoms with Crippen molar-refractivity contribution in [3.05, 3.63) is 59.7 Å². The van der Waals surface area contributed by atoms with Crippen LogP contribution in [0.3, 0.4) is 0 Å². The molecule has 4 amide bonds. The number of amides is 4. The largest absolute Gasteiger partial charge is 0.371 e. The van der Waals surface area contributed by atoms with Crippen molar-refractivity contribution in [2.45, 2.75) is 88.8 Å². The molecule has 4 aliphatic heterocycles. The molecule has 0 aliphatic carbocycles. The van der Waals surface area contributed by atoms with Crippen LogP contribution in [0.2, 0.25) is 0 Å². The van der Waals surface area contributed by atoms with Gasteiger partial charge in [0, 0.05) is 68.7 Å². The standard InChI is InChI=1S/C36H49N5O3S/c1-36(2,3)18-24-41-33(43)31(45-34(41)28-12-6-8-14-30(28)38-19-9-4-10-20-38)25-32(42)39-21-16-27(17-22-39)40-23-15-26-11-5-7-13-29(26)37-35(40)44/h5-8,11-14,27,31,34H,4,9-10,15-25H2,1-3H3,(H,37,44). The van der Waals surface area contributed by atoms with E-state index in [0.717, 1.165) is 50.0 Å². The van der Waals surface area contributed by atoms with E-state index >= 15 is 0 Å². The number of anilines is 2. The first-order chi connectivity index (χ1) is 21.7. The Morgan fingerprint density at radius 3 is 2.38 bits per heavy atom. The van der Waals surface area contributed by atoms with E-state index in [1.807, 2.05) is 28.0 Å². The number of benzene rings is 2. The number of rotatable bonds is 7. The summed E-state index contributed by atoms with van der Waals surface area (Å²) in [5.74, 6) is 0.138. The number of carbonyl (C=O) groups is 3. The van der Waals surface area contributed by atoms with Gasteiger partial charge in [-0.3, -0.25) is 9.59 Å². The summed E-state index contributed by atoms with van der Waals surface area (Å²) in [4.78, 5) is 49.2. The average Bonchev–Trinajstić information content (AvgIpc) is 3.24. The van der Waals surface area contributed by atoms with Crippen LogP contribution in [0.25, 0.3) is 0 Å². The van der Waals surface area contributed by atoms with Crippen LogP contribution in [0.5, 0.6) is 0 Å². The lowest BCUT2D eigenvalue weighted by Gasteiger charge is -2.38. The second-order valence-corrected chi connectivity index (χ2v) is 15.6. The van der Waals surface area contributed by atoms with E-state index in [1.165, 1.54) is 30.5 Å². The van der Waals surface area contributed by atoms with E-state index in [0.29, 0.717) is 26.2 Å². The van der Waals surface area contributed by atoms with Crippen LogP contribution in [0, 0.1) is 5.41 Å². The van der Waals surface area contributed by atoms with Gasteiger partial charge in [-0.05, 0) is 68.1 Å². The average molecular weight is 632 g/mol. The lowest BCUT2D eigenvalue weighted by atomic mass is 9.92. The van der Waals surface area contributed by atoms with Gasteiger partial charge in [0.25, 0.3) is 0 Å². The van der Waals surface area contributed by atoms with E-state index in [2.05, 4.69) is 66.2 Å². The summed E-state index contributed by atoms with van der Waals surface area (Å²) in [5.41, 5.74) is 4.59. The van der Waals surface area contributed by atoms with Gasteiger partial charge in [0.1, 0.15) is 5.37 Å². The fourth-order valence-electron chi connectivity index (χ4n) is 7.22. The first kappa shape index (κ1) is 31.8. The summed E-state index contributed by atoms with van der Waals surface area (Å²) >= 11 is 1.66. The minimum Gasteiger partial charge on any atom is -0.371 e. The Hall–Kier alpha value is -3.20. The molecule has 0 spiro atoms. The molecule has 45 heavy (non-hydrogen) atoms. The molecule has 9 heteroatoms. The van der Waals surface area contributed by atoms with Crippen molar-refractivity contribution in [2.75, 3.05) is 49.5 Å². The van der Waals surface area contributed by atoms with Gasteiger partial charge in [0.2, 0.25) is 11.8 Å². The molecule has 2 aromatic rings. The number of piperidine rings is 2. The number of nitrogens with zero attached hydrogens (tertiary/aromatic N) is 4. The Kier molecular flexibility index (Phi) is 9.64. The molecule has 2 atom stereocenters. The highest BCUT2D eigenvalue weighted by molar-refractivity contribution is 8.01. The summed E-state index contributed by atoms with van der Waals surface area (Å²) in [5, 5.41) is 2.61. The molecule has 0 saturated carbocycles. The lowest BCUT2D eigenvalue weighted by molar-refractivity contribution is -0.137. The fraction of sp³-hybridized carbons (Fsp3) is 0.583. The topological polar surface area (TPSA) is 76.2 Å². The molecule has 0 radical (unpaired) electrons. The normalized spacial score (nSPS) is 23.2. The molecule has 4 heterocycles. The number of carbonyl (C=O) groups excluding carboxylic acids is 3. The van der Waals surface area contributed by atoms with Gasteiger partial charge in [-0.15, -0.1) is 11.8 Å². The Labute approximate surface area is 272 Å². The maximum atomic E-state index is 14.0. The number of thioether (sulfide) groups is 1. The number of hydrogen-bond acceptors (Lipinski definition) is 5. The highest BCUT2D eigenvalue weighted by Gasteiger charge is 2.44. The summed E-state index contributed by atoms with van der Waals surface area (Å²) in [7, 11) is 0. The van der Waals surface area contributed by atoms with E-state index in [4.69, 9.17) is 0 Å². The van der Waals surface area contributed by atoms with Crippen LogP contribution in [0.1, 0.15) is 82.2 Å². The summed E-state index contributed by atoms with van der Waals surface area (Å²) in [6.07, 6.45) is 7.13. The van der Waals surface area contributed by atoms with Crippen LogP contribution in [-0.4, -0.2) is 83.1 Å². The summed E-state index contributed by atoms with van der Waals surface area (Å²) in [6, 6.07) is 16.6. The van der Waals surface area contributed by atoms with Crippen molar-refractivity contribution in [1.29, 1.82) is 0 Å². The summed E-state index contributed by atoms with van der Waals surface area (Å²) in [6.45, 7) is 11.3. The van der Waals surface area contributed by atoms with Gasteiger partial charge >= 0.3 is 6.03 Å². The maximum absolute atomic E-state index is 14.0. The van der Waals surface area contributed by atoms with Crippen molar-refractivity contribution < 1.29 is 14.4 Å². The van der Waals surface area contributed by atoms with Gasteiger partial charge in [-0.1, -0.05) is 57.2 Å². The number of para-hydroxylation sites is 2. The monoisotopic (exact) mass is 631 g/mol. The molecule has 1 N–H and O–H groups in total. The first-order valence-corrected chi connectivity index (χ1v) is 17.9. The van der Waals surface area contributed by atoms with Crippen molar-refractivity contribution in [3.8, 4) is 0 Å². The third kappa shape index (κ3) is 7.29. The smallest absolute Gasteiger partial charge is 0.322 e. The molecule has 242 valence electrons. The van der Waals surface area contributed by atoms with E-state index in [1.54, 1.807) is 11.8 Å². The highest BCUT2D eigenvalue weighted by Crippen LogP contribution is 2.48. The van der Waals surface area contributed by atoms with Crippen molar-refractivity contribution in [1.82, 2.24) is 14.7 Å². The highest BCUT2D eigenvalue weighted by atomic mass is 32.2. The Balaban J connectivity index is 1.11. The Bertz CT molecular complexity index is 1380. The second-order valence-electron chi connectivity index (χ2n) is 14.3. The van der Waals surface area contributed by atoms with Gasteiger partial charge in [0.05, 0.1) is 5.25 Å². The molecule has 6 rings (SSSR count). The SMILES string of the molecule is CC(C)(C)CCN1C(=O)C(CC(=O)N2CCC(N3CCc4ccccc4NC3=O)CC2)SC1c1ccccc1N1CCCCC1. The van der Waals surface area contributed by atoms with E-state index in [9.17, 15) is 14.4 Å². The van der Waals surface area contributed by atoms with Crippen LogP contribution >= 0.6 is 11.8 Å². The van der Waals surface area contributed by atoms with E-state index < -0.39 is 0 Å². The maximum Gasteiger partial charge on any atom is 0.322 e. The van der Waals surface area contributed by atoms with Gasteiger partial charge in [0.15, 0.2) is 0 Å². The van der Waals surface area contributed by atoms with Gasteiger partial charge in [-0.25, -0.2) is 4.79 Å². The molecule has 3 saturated heterocycles. The predicted octanol–water partition coefficient (Wildman–Crippen LogP) is 6.53. The number of nitrogens with one attached hydrogen (secondary N) is 1. The van der Waals surface area contributed by atoms with Gasteiger partial charge < -0.3 is 24.9 Å². The number of fused-ring (bicyclic) bond motifs is 1. The second kappa shape index (κ2) is 13.7. The van der Waals surface area contributed by atoms with Crippen LogP contribution in [-0.2, 0) is 16.0 Å². The zero-order valence-electron chi connectivity index (χ0n) is 27.2. The third-order valence-electron chi connectivity index (χ3n) is 9.90. The molecule has 0 bridgehead atoms. The van der Waals surface area contributed by atoms with Crippen molar-refractivity contribution in [2.24, 2.45) is 5.41 Å². The van der Waals surface area contributed by atoms with Crippen molar-refractivity contribution >= 4 is 41.0 Å². The quantitative estimate of drug-likeness (QED) is 0.376. The Morgan fingerprint density at radius 1 is 0.911 bits per heavy atom. The van der Waals surface area contributed by atoms with Crippen LogP contribution in [0.4, 0.5) is 16.2 Å². The molecule has 2 aromatic carbocycles. The predicted molar refractivity (Wildman–Crippen MR) is 183 cm³/mol. The van der Waals surface area contributed by atoms with Crippen LogP contribution < -0.4 is 10.2 Å². The number of urea groups is 1. The fourth-order valence-corrected chi connectivity index (χ4v) is 8.72. The lowest BCUT2D eigenvalue weighted by Crippen LogP contribution is -2.50. The third-order valence-corrected chi connectivity index (χ3v) is 11.4. The zero-order chi connectivity index (χ0) is 31.6. The number of hydrogen-bond donors (Lipinski definition) is 1. The van der Waals surface area contributed by atoms with Gasteiger partial charge in [-0.2, -0.15) is 0 Å².